The summed E-state index contributed by atoms with van der Waals surface area (Å²) in [5.41, 5.74) is 2.75. The minimum Gasteiger partial charge on any atom is -0.388 e. The molecule has 250 valence electrons. The summed E-state index contributed by atoms with van der Waals surface area (Å²) in [5.74, 6) is -0.0407. The molecular formula is C33H33F7N6O. The van der Waals surface area contributed by atoms with Crippen molar-refractivity contribution in [3.8, 4) is 11.1 Å². The van der Waals surface area contributed by atoms with E-state index in [-0.39, 0.29) is 23.5 Å². The number of allylic oxidation sites excluding steroid dienone is 2. The van der Waals surface area contributed by atoms with E-state index < -0.39 is 23.7 Å². The first-order valence-corrected chi connectivity index (χ1v) is 13.7. The Labute approximate surface area is 267 Å². The van der Waals surface area contributed by atoms with Crippen LogP contribution in [0.5, 0.6) is 0 Å². The lowest BCUT2D eigenvalue weighted by atomic mass is 10.1. The van der Waals surface area contributed by atoms with E-state index in [1.807, 2.05) is 43.3 Å². The van der Waals surface area contributed by atoms with Gasteiger partial charge < -0.3 is 20.9 Å². The molecule has 0 fully saturated rings. The summed E-state index contributed by atoms with van der Waals surface area (Å²) in [7, 11) is 5.66. The van der Waals surface area contributed by atoms with Gasteiger partial charge in [-0.05, 0) is 73.8 Å². The zero-order valence-corrected chi connectivity index (χ0v) is 25.7. The Morgan fingerprint density at radius 3 is 2.06 bits per heavy atom. The molecule has 47 heavy (non-hydrogen) atoms. The van der Waals surface area contributed by atoms with E-state index in [1.54, 1.807) is 19.2 Å². The van der Waals surface area contributed by atoms with Gasteiger partial charge in [-0.1, -0.05) is 37.4 Å². The number of carbonyl (C=O) groups is 1. The van der Waals surface area contributed by atoms with Crippen LogP contribution in [-0.2, 0) is 17.5 Å². The Bertz CT molecular complexity index is 1620. The van der Waals surface area contributed by atoms with Crippen LogP contribution in [0.1, 0.15) is 11.1 Å². The van der Waals surface area contributed by atoms with Crippen LogP contribution < -0.4 is 16.0 Å². The normalized spacial score (nSPS) is 10.9. The summed E-state index contributed by atoms with van der Waals surface area (Å²) in [6.45, 7) is 6.37. The Morgan fingerprint density at radius 1 is 0.894 bits per heavy atom. The number of aromatic nitrogens is 2. The first-order valence-electron chi connectivity index (χ1n) is 13.7. The highest BCUT2D eigenvalue weighted by atomic mass is 19.4. The van der Waals surface area contributed by atoms with Gasteiger partial charge in [-0.25, -0.2) is 9.37 Å². The predicted molar refractivity (Wildman–Crippen MR) is 171 cm³/mol. The van der Waals surface area contributed by atoms with Crippen LogP contribution in [0, 0.1) is 5.82 Å². The zero-order valence-electron chi connectivity index (χ0n) is 25.7. The van der Waals surface area contributed by atoms with Gasteiger partial charge in [0.15, 0.2) is 0 Å². The van der Waals surface area contributed by atoms with Gasteiger partial charge in [-0.3, -0.25) is 4.79 Å². The third-order valence-corrected chi connectivity index (χ3v) is 5.83. The molecule has 1 aromatic heterocycles. The number of aldehydes is 1. The van der Waals surface area contributed by atoms with Crippen LogP contribution in [0.15, 0.2) is 98.2 Å². The van der Waals surface area contributed by atoms with E-state index in [0.717, 1.165) is 29.9 Å². The van der Waals surface area contributed by atoms with Crippen molar-refractivity contribution in [2.75, 3.05) is 37.1 Å². The van der Waals surface area contributed by atoms with E-state index in [1.165, 1.54) is 30.5 Å². The van der Waals surface area contributed by atoms with Crippen molar-refractivity contribution < 1.29 is 35.5 Å². The van der Waals surface area contributed by atoms with Crippen molar-refractivity contribution in [1.29, 1.82) is 0 Å². The summed E-state index contributed by atoms with van der Waals surface area (Å²) in [5, 5.41) is 9.09. The lowest BCUT2D eigenvalue weighted by Gasteiger charge is -2.16. The summed E-state index contributed by atoms with van der Waals surface area (Å²) >= 11 is 0. The van der Waals surface area contributed by atoms with Crippen molar-refractivity contribution in [3.05, 3.63) is 115 Å². The topological polar surface area (TPSA) is 82.2 Å². The van der Waals surface area contributed by atoms with Crippen molar-refractivity contribution in [2.24, 2.45) is 0 Å². The van der Waals surface area contributed by atoms with Gasteiger partial charge in [0.05, 0.1) is 11.3 Å². The smallest absolute Gasteiger partial charge is 0.388 e. The predicted octanol–water partition coefficient (Wildman–Crippen LogP) is 9.00. The maximum absolute atomic E-state index is 14.6. The SMILES string of the molecule is C=CC(F)(F)F.C=CC=O.CNc1ccc(F)c(Nc2nc(Nc3cccc(CN(C)C)c3)ncc2-c2ccc(C(F)(F)F)cc2)c1. The van der Waals surface area contributed by atoms with Gasteiger partial charge in [-0.15, -0.1) is 0 Å². The molecule has 0 radical (unpaired) electrons. The first-order chi connectivity index (χ1) is 22.1. The molecular weight excluding hydrogens is 629 g/mol. The van der Waals surface area contributed by atoms with E-state index in [4.69, 9.17) is 4.79 Å². The number of hydrogen-bond donors (Lipinski definition) is 3. The molecule has 7 nitrogen and oxygen atoms in total. The van der Waals surface area contributed by atoms with Crippen LogP contribution >= 0.6 is 0 Å². The largest absolute Gasteiger partial charge is 0.416 e. The number of rotatable bonds is 9. The number of nitrogens with one attached hydrogen (secondary N) is 3. The number of halogens is 7. The van der Waals surface area contributed by atoms with Gasteiger partial charge in [0.1, 0.15) is 17.9 Å². The van der Waals surface area contributed by atoms with Gasteiger partial charge in [-0.2, -0.15) is 31.3 Å². The summed E-state index contributed by atoms with van der Waals surface area (Å²) in [6.07, 6.45) is -5.39. The molecule has 3 N–H and O–H groups in total. The zero-order chi connectivity index (χ0) is 35.2. The molecule has 0 unspecified atom stereocenters. The highest BCUT2D eigenvalue weighted by Crippen LogP contribution is 2.34. The molecule has 0 spiro atoms. The second kappa shape index (κ2) is 17.5. The second-order valence-electron chi connectivity index (χ2n) is 9.78. The molecule has 4 rings (SSSR count). The summed E-state index contributed by atoms with van der Waals surface area (Å²) < 4.78 is 85.8. The van der Waals surface area contributed by atoms with Gasteiger partial charge in [0.2, 0.25) is 5.95 Å². The summed E-state index contributed by atoms with van der Waals surface area (Å²) in [6, 6.07) is 16.9. The standard InChI is InChI=1S/C27H26F4N6.C3H3F3.C3H4O/c1-32-20-11-12-23(28)24(14-20)35-25-22(18-7-9-19(10-8-18)27(29,30)31)15-33-26(36-25)34-21-6-4-5-17(13-21)16-37(2)3;1-2-3(4,5)6;1-2-3-4/h4-15,32H,16H2,1-3H3,(H2,33,34,35,36);2H,1H2;2-3H,1H2. The van der Waals surface area contributed by atoms with Crippen LogP contribution in [0.25, 0.3) is 11.1 Å². The maximum atomic E-state index is 14.6. The number of benzene rings is 3. The highest BCUT2D eigenvalue weighted by Gasteiger charge is 2.30. The molecule has 0 atom stereocenters. The van der Waals surface area contributed by atoms with Crippen molar-refractivity contribution in [1.82, 2.24) is 14.9 Å². The molecule has 0 aliphatic heterocycles. The number of nitrogens with zero attached hydrogens (tertiary/aromatic N) is 3. The van der Waals surface area contributed by atoms with Crippen molar-refractivity contribution in [3.63, 3.8) is 0 Å². The van der Waals surface area contributed by atoms with Crippen LogP contribution in [0.3, 0.4) is 0 Å². The van der Waals surface area contributed by atoms with Crippen molar-refractivity contribution in [2.45, 2.75) is 18.9 Å². The Kier molecular flexibility index (Phi) is 14.1. The van der Waals surface area contributed by atoms with Gasteiger partial charge in [0, 0.05) is 42.8 Å². The highest BCUT2D eigenvalue weighted by molar-refractivity contribution is 5.79. The lowest BCUT2D eigenvalue weighted by Crippen LogP contribution is -2.10. The fourth-order valence-electron chi connectivity index (χ4n) is 3.73. The van der Waals surface area contributed by atoms with Crippen LogP contribution in [0.2, 0.25) is 0 Å². The minimum absolute atomic E-state index is 0.0625. The molecule has 3 aromatic carbocycles. The number of alkyl halides is 6. The lowest BCUT2D eigenvalue weighted by molar-refractivity contribution is -0.137. The van der Waals surface area contributed by atoms with Gasteiger partial charge in [0.25, 0.3) is 0 Å². The molecule has 0 bridgehead atoms. The van der Waals surface area contributed by atoms with E-state index in [9.17, 15) is 30.7 Å². The molecule has 0 amide bonds. The fourth-order valence-corrected chi connectivity index (χ4v) is 3.73. The minimum atomic E-state index is -4.46. The van der Waals surface area contributed by atoms with E-state index in [0.29, 0.717) is 23.1 Å². The fraction of sp³-hybridized carbons (Fsp3) is 0.182. The molecule has 0 aliphatic carbocycles. The number of hydrogen-bond acceptors (Lipinski definition) is 7. The number of carbonyl (C=O) groups excluding carboxylic acids is 1. The van der Waals surface area contributed by atoms with E-state index in [2.05, 4.69) is 39.1 Å². The van der Waals surface area contributed by atoms with Crippen LogP contribution in [-0.4, -0.2) is 48.5 Å². The molecule has 1 heterocycles. The third-order valence-electron chi connectivity index (χ3n) is 5.83. The Morgan fingerprint density at radius 2 is 1.53 bits per heavy atom. The Balaban J connectivity index is 0.000000671. The maximum Gasteiger partial charge on any atom is 0.416 e. The average Bonchev–Trinajstić information content (AvgIpc) is 3.02. The molecule has 0 saturated heterocycles. The molecule has 4 aromatic rings. The molecule has 14 heteroatoms. The second-order valence-corrected chi connectivity index (χ2v) is 9.78. The first kappa shape index (κ1) is 37.9. The summed E-state index contributed by atoms with van der Waals surface area (Å²) in [4.78, 5) is 20.0. The average molecular weight is 663 g/mol. The van der Waals surface area contributed by atoms with Gasteiger partial charge >= 0.3 is 12.4 Å². The Hall–Kier alpha value is -5.24. The quantitative estimate of drug-likeness (QED) is 0.0714. The molecule has 0 aliphatic rings. The molecule has 0 saturated carbocycles. The monoisotopic (exact) mass is 662 g/mol. The third kappa shape index (κ3) is 13.0. The van der Waals surface area contributed by atoms with E-state index >= 15 is 0 Å². The van der Waals surface area contributed by atoms with Crippen LogP contribution in [0.4, 0.5) is 59.6 Å². The van der Waals surface area contributed by atoms with Crippen molar-refractivity contribution >= 4 is 35.1 Å². The number of anilines is 5.